The lowest BCUT2D eigenvalue weighted by Gasteiger charge is -2.41. The second kappa shape index (κ2) is 5.33. The van der Waals surface area contributed by atoms with E-state index in [1.807, 2.05) is 22.4 Å². The van der Waals surface area contributed by atoms with E-state index in [2.05, 4.69) is 0 Å². The van der Waals surface area contributed by atoms with Crippen molar-refractivity contribution in [2.24, 2.45) is 5.92 Å². The van der Waals surface area contributed by atoms with Crippen molar-refractivity contribution in [3.05, 3.63) is 22.4 Å². The summed E-state index contributed by atoms with van der Waals surface area (Å²) >= 11 is 1.46. The van der Waals surface area contributed by atoms with Gasteiger partial charge in [-0.2, -0.15) is 0 Å². The van der Waals surface area contributed by atoms with Crippen molar-refractivity contribution >= 4 is 23.2 Å². The van der Waals surface area contributed by atoms with E-state index in [9.17, 15) is 9.59 Å². The van der Waals surface area contributed by atoms with Crippen LogP contribution in [0.4, 0.5) is 0 Å². The fraction of sp³-hybridized carbons (Fsp3) is 0.571. The topological polar surface area (TPSA) is 40.6 Å². The van der Waals surface area contributed by atoms with Crippen molar-refractivity contribution in [2.45, 2.75) is 19.3 Å². The summed E-state index contributed by atoms with van der Waals surface area (Å²) in [5.74, 6) is 0.342. The quantitative estimate of drug-likeness (QED) is 0.828. The second-order valence-corrected chi connectivity index (χ2v) is 6.22. The number of thiophene rings is 1. The van der Waals surface area contributed by atoms with Crippen LogP contribution >= 0.6 is 11.3 Å². The van der Waals surface area contributed by atoms with Gasteiger partial charge in [0.05, 0.1) is 10.8 Å². The van der Waals surface area contributed by atoms with Crippen molar-refractivity contribution in [1.82, 2.24) is 9.80 Å². The molecule has 2 aliphatic rings. The van der Waals surface area contributed by atoms with Crippen molar-refractivity contribution < 1.29 is 9.59 Å². The molecule has 0 radical (unpaired) electrons. The van der Waals surface area contributed by atoms with E-state index < -0.39 is 0 Å². The first-order valence-corrected chi connectivity index (χ1v) is 7.75. The number of rotatable bonds is 2. The number of likely N-dealkylation sites (tertiary alicyclic amines) is 2. The van der Waals surface area contributed by atoms with Crippen molar-refractivity contribution in [3.8, 4) is 0 Å². The average Bonchev–Trinajstić information content (AvgIpc) is 2.91. The number of hydrogen-bond acceptors (Lipinski definition) is 3. The highest BCUT2D eigenvalue weighted by molar-refractivity contribution is 7.12. The highest BCUT2D eigenvalue weighted by atomic mass is 32.1. The van der Waals surface area contributed by atoms with Crippen LogP contribution in [0, 0.1) is 5.92 Å². The van der Waals surface area contributed by atoms with E-state index in [0.29, 0.717) is 13.1 Å². The first-order valence-electron chi connectivity index (χ1n) is 6.87. The number of amides is 2. The Balaban J connectivity index is 1.52. The zero-order chi connectivity index (χ0) is 13.2. The van der Waals surface area contributed by atoms with Gasteiger partial charge in [0.1, 0.15) is 0 Å². The molecule has 4 nitrogen and oxygen atoms in total. The van der Waals surface area contributed by atoms with Crippen LogP contribution in [-0.4, -0.2) is 47.8 Å². The number of nitrogens with zero attached hydrogens (tertiary/aromatic N) is 2. The van der Waals surface area contributed by atoms with Crippen LogP contribution in [0.1, 0.15) is 28.9 Å². The standard InChI is InChI=1S/C14H18N2O2S/c17-13(15-6-2-1-3-7-15)11-9-16(10-11)14(18)12-5-4-8-19-12/h4-5,8,11H,1-3,6-7,9-10H2. The fourth-order valence-corrected chi connectivity index (χ4v) is 3.42. The van der Waals surface area contributed by atoms with Crippen LogP contribution in [0.15, 0.2) is 17.5 Å². The van der Waals surface area contributed by atoms with E-state index in [1.54, 1.807) is 4.90 Å². The van der Waals surface area contributed by atoms with Gasteiger partial charge in [-0.05, 0) is 30.7 Å². The van der Waals surface area contributed by atoms with Gasteiger partial charge in [0.15, 0.2) is 0 Å². The van der Waals surface area contributed by atoms with Gasteiger partial charge in [-0.1, -0.05) is 6.07 Å². The van der Waals surface area contributed by atoms with Gasteiger partial charge in [0.2, 0.25) is 5.91 Å². The predicted molar refractivity (Wildman–Crippen MR) is 74.1 cm³/mol. The molecule has 2 amide bonds. The smallest absolute Gasteiger partial charge is 0.263 e. The normalized spacial score (nSPS) is 20.2. The Morgan fingerprint density at radius 2 is 1.84 bits per heavy atom. The van der Waals surface area contributed by atoms with Crippen LogP contribution in [0.5, 0.6) is 0 Å². The van der Waals surface area contributed by atoms with Crippen molar-refractivity contribution in [2.75, 3.05) is 26.2 Å². The Morgan fingerprint density at radius 1 is 1.11 bits per heavy atom. The summed E-state index contributed by atoms with van der Waals surface area (Å²) < 4.78 is 0. The molecule has 0 atom stereocenters. The third-order valence-electron chi connectivity index (χ3n) is 3.92. The molecule has 0 bridgehead atoms. The van der Waals surface area contributed by atoms with Gasteiger partial charge in [-0.25, -0.2) is 0 Å². The maximum Gasteiger partial charge on any atom is 0.263 e. The molecule has 3 heterocycles. The number of carbonyl (C=O) groups excluding carboxylic acids is 2. The van der Waals surface area contributed by atoms with Gasteiger partial charge in [-0.3, -0.25) is 9.59 Å². The molecule has 0 unspecified atom stereocenters. The molecule has 102 valence electrons. The maximum atomic E-state index is 12.2. The molecule has 5 heteroatoms. The molecule has 0 N–H and O–H groups in total. The summed E-state index contributed by atoms with van der Waals surface area (Å²) in [5.41, 5.74) is 0. The first-order chi connectivity index (χ1) is 9.25. The van der Waals surface area contributed by atoms with Crippen LogP contribution in [0.2, 0.25) is 0 Å². The molecule has 1 aromatic rings. The van der Waals surface area contributed by atoms with Gasteiger partial charge in [-0.15, -0.1) is 11.3 Å². The fourth-order valence-electron chi connectivity index (χ4n) is 2.73. The molecule has 0 saturated carbocycles. The molecular formula is C14H18N2O2S. The predicted octanol–water partition coefficient (Wildman–Crippen LogP) is 1.83. The Hall–Kier alpha value is -1.36. The molecule has 19 heavy (non-hydrogen) atoms. The molecule has 2 saturated heterocycles. The third-order valence-corrected chi connectivity index (χ3v) is 4.78. The van der Waals surface area contributed by atoms with Gasteiger partial charge in [0.25, 0.3) is 5.91 Å². The monoisotopic (exact) mass is 278 g/mol. The van der Waals surface area contributed by atoms with Crippen molar-refractivity contribution in [1.29, 1.82) is 0 Å². The summed E-state index contributed by atoms with van der Waals surface area (Å²) in [4.78, 5) is 28.8. The molecule has 1 aromatic heterocycles. The molecular weight excluding hydrogens is 260 g/mol. The van der Waals surface area contributed by atoms with Crippen LogP contribution in [0.3, 0.4) is 0 Å². The maximum absolute atomic E-state index is 12.2. The van der Waals surface area contributed by atoms with Crippen LogP contribution < -0.4 is 0 Å². The minimum atomic E-state index is 0.0296. The van der Waals surface area contributed by atoms with E-state index in [4.69, 9.17) is 0 Å². The molecule has 0 aliphatic carbocycles. The SMILES string of the molecule is O=C(c1cccs1)N1CC(C(=O)N2CCCCC2)C1. The number of piperidine rings is 1. The molecule has 0 aromatic carbocycles. The van der Waals surface area contributed by atoms with Gasteiger partial charge >= 0.3 is 0 Å². The highest BCUT2D eigenvalue weighted by Gasteiger charge is 2.38. The van der Waals surface area contributed by atoms with Crippen molar-refractivity contribution in [3.63, 3.8) is 0 Å². The molecule has 2 aliphatic heterocycles. The van der Waals surface area contributed by atoms with E-state index in [0.717, 1.165) is 30.8 Å². The van der Waals surface area contributed by atoms with Crippen LogP contribution in [0.25, 0.3) is 0 Å². The van der Waals surface area contributed by atoms with E-state index in [-0.39, 0.29) is 17.7 Å². The van der Waals surface area contributed by atoms with E-state index >= 15 is 0 Å². The van der Waals surface area contributed by atoms with Gasteiger partial charge < -0.3 is 9.80 Å². The minimum Gasteiger partial charge on any atom is -0.342 e. The molecule has 3 rings (SSSR count). The number of hydrogen-bond donors (Lipinski definition) is 0. The average molecular weight is 278 g/mol. The minimum absolute atomic E-state index is 0.0296. The summed E-state index contributed by atoms with van der Waals surface area (Å²) in [6, 6.07) is 3.72. The highest BCUT2D eigenvalue weighted by Crippen LogP contribution is 2.23. The Kier molecular flexibility index (Phi) is 3.55. The summed E-state index contributed by atoms with van der Waals surface area (Å²) in [6.07, 6.45) is 3.48. The summed E-state index contributed by atoms with van der Waals surface area (Å²) in [7, 11) is 0. The zero-order valence-electron chi connectivity index (χ0n) is 10.9. The lowest BCUT2D eigenvalue weighted by molar-refractivity contribution is -0.140. The summed E-state index contributed by atoms with van der Waals surface area (Å²) in [6.45, 7) is 2.97. The Bertz CT molecular complexity index is 460. The molecule has 2 fully saturated rings. The van der Waals surface area contributed by atoms with Crippen LogP contribution in [-0.2, 0) is 4.79 Å². The molecule has 0 spiro atoms. The first kappa shape index (κ1) is 12.7. The Labute approximate surface area is 117 Å². The lowest BCUT2D eigenvalue weighted by Crippen LogP contribution is -2.56. The van der Waals surface area contributed by atoms with Gasteiger partial charge in [0, 0.05) is 26.2 Å². The summed E-state index contributed by atoms with van der Waals surface area (Å²) in [5, 5.41) is 1.91. The zero-order valence-corrected chi connectivity index (χ0v) is 11.7. The lowest BCUT2D eigenvalue weighted by atomic mass is 9.97. The third kappa shape index (κ3) is 2.52. The van der Waals surface area contributed by atoms with E-state index in [1.165, 1.54) is 17.8 Å². The largest absolute Gasteiger partial charge is 0.342 e. The second-order valence-electron chi connectivity index (χ2n) is 5.27. The Morgan fingerprint density at radius 3 is 2.47 bits per heavy atom. The number of carbonyl (C=O) groups is 2.